The molecule has 1 aliphatic rings. The van der Waals surface area contributed by atoms with E-state index in [1.54, 1.807) is 29.6 Å². The molecule has 0 spiro atoms. The number of carbonyl (C=O) groups is 1. The summed E-state index contributed by atoms with van der Waals surface area (Å²) in [5.41, 5.74) is 1.20. The van der Waals surface area contributed by atoms with E-state index in [9.17, 15) is 17.6 Å². The Morgan fingerprint density at radius 1 is 1.12 bits per heavy atom. The molecule has 1 amide bonds. The molecule has 2 aromatic carbocycles. The lowest BCUT2D eigenvalue weighted by Crippen LogP contribution is -2.37. The van der Waals surface area contributed by atoms with Crippen molar-refractivity contribution >= 4 is 38.1 Å². The first-order valence-corrected chi connectivity index (χ1v) is 12.6. The van der Waals surface area contributed by atoms with Crippen molar-refractivity contribution in [3.8, 4) is 0 Å². The molecule has 168 valence electrons. The van der Waals surface area contributed by atoms with E-state index in [2.05, 4.69) is 19.9 Å². The van der Waals surface area contributed by atoms with Crippen molar-refractivity contribution in [1.82, 2.24) is 9.88 Å². The van der Waals surface area contributed by atoms with Crippen LogP contribution >= 0.6 is 11.3 Å². The van der Waals surface area contributed by atoms with Gasteiger partial charge in [-0.2, -0.15) is 0 Å². The molecular weight excluding hydrogens is 451 g/mol. The van der Waals surface area contributed by atoms with Crippen LogP contribution in [0.3, 0.4) is 0 Å². The first-order chi connectivity index (χ1) is 15.4. The average molecular weight is 475 g/mol. The van der Waals surface area contributed by atoms with Crippen LogP contribution in [0.25, 0.3) is 0 Å². The molecule has 0 aliphatic carbocycles. The maximum Gasteiger partial charge on any atom is 0.263 e. The van der Waals surface area contributed by atoms with E-state index in [0.29, 0.717) is 48.9 Å². The average Bonchev–Trinajstić information content (AvgIpc) is 3.28. The van der Waals surface area contributed by atoms with Crippen LogP contribution in [0.2, 0.25) is 0 Å². The predicted octanol–water partition coefficient (Wildman–Crippen LogP) is 3.93. The number of aromatic nitrogens is 1. The molecule has 7 nitrogen and oxygen atoms in total. The SMILES string of the molecule is O=C(Nc1ccc(S(=O)(=O)Nc2nccs2)cc1)C1CCN(Cc2ccccc2F)CC1. The van der Waals surface area contributed by atoms with Gasteiger partial charge in [0.1, 0.15) is 5.82 Å². The highest BCUT2D eigenvalue weighted by Crippen LogP contribution is 2.23. The fourth-order valence-electron chi connectivity index (χ4n) is 3.63. The minimum Gasteiger partial charge on any atom is -0.326 e. The van der Waals surface area contributed by atoms with Crippen molar-refractivity contribution in [2.45, 2.75) is 24.3 Å². The predicted molar refractivity (Wildman–Crippen MR) is 122 cm³/mol. The van der Waals surface area contributed by atoms with E-state index in [4.69, 9.17) is 0 Å². The summed E-state index contributed by atoms with van der Waals surface area (Å²) in [6.07, 6.45) is 2.89. The summed E-state index contributed by atoms with van der Waals surface area (Å²) in [6.45, 7) is 1.96. The van der Waals surface area contributed by atoms with Crippen LogP contribution in [0.1, 0.15) is 18.4 Å². The molecule has 1 aliphatic heterocycles. The van der Waals surface area contributed by atoms with Crippen LogP contribution in [-0.4, -0.2) is 37.3 Å². The van der Waals surface area contributed by atoms with Gasteiger partial charge in [0.15, 0.2) is 5.13 Å². The number of nitrogens with one attached hydrogen (secondary N) is 2. The van der Waals surface area contributed by atoms with Gasteiger partial charge in [-0.1, -0.05) is 18.2 Å². The monoisotopic (exact) mass is 474 g/mol. The number of carbonyl (C=O) groups excluding carboxylic acids is 1. The Kier molecular flexibility index (Phi) is 6.83. The van der Waals surface area contributed by atoms with E-state index < -0.39 is 10.0 Å². The zero-order valence-corrected chi connectivity index (χ0v) is 18.8. The molecule has 3 aromatic rings. The summed E-state index contributed by atoms with van der Waals surface area (Å²) in [7, 11) is -3.73. The summed E-state index contributed by atoms with van der Waals surface area (Å²) < 4.78 is 41.1. The number of thiazole rings is 1. The van der Waals surface area contributed by atoms with Crippen molar-refractivity contribution in [2.24, 2.45) is 5.92 Å². The zero-order valence-electron chi connectivity index (χ0n) is 17.2. The smallest absolute Gasteiger partial charge is 0.263 e. The van der Waals surface area contributed by atoms with Gasteiger partial charge in [-0.25, -0.2) is 17.8 Å². The number of likely N-dealkylation sites (tertiary alicyclic amines) is 1. The maximum atomic E-state index is 13.9. The fraction of sp³-hybridized carbons (Fsp3) is 0.273. The Morgan fingerprint density at radius 2 is 1.84 bits per heavy atom. The third-order valence-corrected chi connectivity index (χ3v) is 7.57. The van der Waals surface area contributed by atoms with Gasteiger partial charge in [0.05, 0.1) is 4.90 Å². The number of amides is 1. The van der Waals surface area contributed by atoms with E-state index >= 15 is 0 Å². The Hall–Kier alpha value is -2.82. The van der Waals surface area contributed by atoms with Crippen molar-refractivity contribution in [2.75, 3.05) is 23.1 Å². The summed E-state index contributed by atoms with van der Waals surface area (Å²) in [5.74, 6) is -0.436. The van der Waals surface area contributed by atoms with E-state index in [1.807, 2.05) is 6.07 Å². The summed E-state index contributed by atoms with van der Waals surface area (Å²) in [6, 6.07) is 12.8. The van der Waals surface area contributed by atoms with Crippen molar-refractivity contribution in [3.05, 3.63) is 71.5 Å². The van der Waals surface area contributed by atoms with E-state index in [1.165, 1.54) is 35.7 Å². The van der Waals surface area contributed by atoms with Gasteiger partial charge in [0.25, 0.3) is 10.0 Å². The molecule has 4 rings (SSSR count). The topological polar surface area (TPSA) is 91.4 Å². The van der Waals surface area contributed by atoms with Gasteiger partial charge < -0.3 is 5.32 Å². The van der Waals surface area contributed by atoms with Gasteiger partial charge in [0.2, 0.25) is 5.91 Å². The minimum absolute atomic E-state index is 0.0900. The summed E-state index contributed by atoms with van der Waals surface area (Å²) >= 11 is 1.19. The van der Waals surface area contributed by atoms with Gasteiger partial charge >= 0.3 is 0 Å². The van der Waals surface area contributed by atoms with Crippen molar-refractivity contribution in [3.63, 3.8) is 0 Å². The summed E-state index contributed by atoms with van der Waals surface area (Å²) in [4.78, 5) is 18.8. The molecule has 2 N–H and O–H groups in total. The number of rotatable bonds is 7. The lowest BCUT2D eigenvalue weighted by atomic mass is 9.95. The molecule has 0 unspecified atom stereocenters. The number of nitrogens with zero attached hydrogens (tertiary/aromatic N) is 2. The number of hydrogen-bond acceptors (Lipinski definition) is 6. The lowest BCUT2D eigenvalue weighted by molar-refractivity contribution is -0.121. The maximum absolute atomic E-state index is 13.9. The Labute approximate surface area is 190 Å². The third kappa shape index (κ3) is 5.50. The first-order valence-electron chi connectivity index (χ1n) is 10.2. The molecule has 10 heteroatoms. The van der Waals surface area contributed by atoms with E-state index in [-0.39, 0.29) is 22.5 Å². The highest BCUT2D eigenvalue weighted by atomic mass is 32.2. The zero-order chi connectivity index (χ0) is 22.6. The van der Waals surface area contributed by atoms with Crippen LogP contribution in [0.15, 0.2) is 65.0 Å². The second-order valence-corrected chi connectivity index (χ2v) is 10.2. The molecule has 0 bridgehead atoms. The fourth-order valence-corrected chi connectivity index (χ4v) is 5.42. The van der Waals surface area contributed by atoms with Crippen LogP contribution in [-0.2, 0) is 21.4 Å². The second kappa shape index (κ2) is 9.76. The molecule has 0 atom stereocenters. The molecule has 0 radical (unpaired) electrons. The van der Waals surface area contributed by atoms with Crippen LogP contribution < -0.4 is 10.0 Å². The highest BCUT2D eigenvalue weighted by molar-refractivity contribution is 7.93. The second-order valence-electron chi connectivity index (χ2n) is 7.60. The van der Waals surface area contributed by atoms with Gasteiger partial charge in [-0.3, -0.25) is 14.4 Å². The van der Waals surface area contributed by atoms with Gasteiger partial charge in [0, 0.05) is 35.3 Å². The van der Waals surface area contributed by atoms with Gasteiger partial charge in [-0.05, 0) is 56.3 Å². The Morgan fingerprint density at radius 3 is 2.50 bits per heavy atom. The molecule has 1 aromatic heterocycles. The standard InChI is InChI=1S/C22H23FN4O3S2/c23-20-4-2-1-3-17(20)15-27-12-9-16(10-13-27)21(28)25-18-5-7-19(8-6-18)32(29,30)26-22-24-11-14-31-22/h1-8,11,14,16H,9-10,12-13,15H2,(H,24,26)(H,25,28). The number of piperidine rings is 1. The molecule has 1 fully saturated rings. The van der Waals surface area contributed by atoms with Crippen molar-refractivity contribution in [1.29, 1.82) is 0 Å². The quantitative estimate of drug-likeness (QED) is 0.541. The van der Waals surface area contributed by atoms with Crippen molar-refractivity contribution < 1.29 is 17.6 Å². The van der Waals surface area contributed by atoms with Gasteiger partial charge in [-0.15, -0.1) is 11.3 Å². The number of hydrogen-bond donors (Lipinski definition) is 2. The minimum atomic E-state index is -3.73. The first kappa shape index (κ1) is 22.4. The third-order valence-electron chi connectivity index (χ3n) is 5.40. The molecule has 32 heavy (non-hydrogen) atoms. The molecule has 0 saturated carbocycles. The Bertz CT molecular complexity index is 1160. The Balaban J connectivity index is 1.29. The largest absolute Gasteiger partial charge is 0.326 e. The van der Waals surface area contributed by atoms with Crippen LogP contribution in [0, 0.1) is 11.7 Å². The molecular formula is C22H23FN4O3S2. The number of sulfonamides is 1. The van der Waals surface area contributed by atoms with Crippen LogP contribution in [0.4, 0.5) is 15.2 Å². The number of anilines is 2. The normalized spacial score (nSPS) is 15.4. The lowest BCUT2D eigenvalue weighted by Gasteiger charge is -2.31. The molecule has 2 heterocycles. The highest BCUT2D eigenvalue weighted by Gasteiger charge is 2.25. The van der Waals surface area contributed by atoms with Crippen LogP contribution in [0.5, 0.6) is 0 Å². The molecule has 1 saturated heterocycles. The number of halogens is 1. The van der Waals surface area contributed by atoms with E-state index in [0.717, 1.165) is 0 Å². The number of benzene rings is 2. The summed E-state index contributed by atoms with van der Waals surface area (Å²) in [5, 5.41) is 4.84.